The lowest BCUT2D eigenvalue weighted by molar-refractivity contribution is 1.18. The van der Waals surface area contributed by atoms with Gasteiger partial charge in [-0.25, -0.2) is 0 Å². The molecule has 3 heterocycles. The van der Waals surface area contributed by atoms with E-state index in [1.807, 2.05) is 24.5 Å². The van der Waals surface area contributed by atoms with Crippen molar-refractivity contribution in [2.75, 3.05) is 4.90 Å². The number of pyridine rings is 2. The van der Waals surface area contributed by atoms with Gasteiger partial charge >= 0.3 is 0 Å². The van der Waals surface area contributed by atoms with Crippen LogP contribution in [0.5, 0.6) is 0 Å². The summed E-state index contributed by atoms with van der Waals surface area (Å²) in [6.07, 6.45) is 3.75. The number of rotatable bonds is 8. The van der Waals surface area contributed by atoms with E-state index < -0.39 is 0 Å². The van der Waals surface area contributed by atoms with Gasteiger partial charge in [-0.2, -0.15) is 0 Å². The van der Waals surface area contributed by atoms with Crippen LogP contribution in [-0.2, 0) is 0 Å². The minimum absolute atomic E-state index is 0.946. The van der Waals surface area contributed by atoms with Crippen molar-refractivity contribution in [2.45, 2.75) is 0 Å². The molecule has 0 unspecified atom stereocenters. The monoisotopic (exact) mass is 894 g/mol. The van der Waals surface area contributed by atoms with Crippen LogP contribution < -0.4 is 4.90 Å². The van der Waals surface area contributed by atoms with Gasteiger partial charge in [-0.1, -0.05) is 188 Å². The molecule has 0 fully saturated rings. The number of benzene rings is 10. The number of aromatic nitrogens is 3. The highest BCUT2D eigenvalue weighted by Gasteiger charge is 2.16. The summed E-state index contributed by atoms with van der Waals surface area (Å²) < 4.78 is 2.36. The third-order valence-corrected chi connectivity index (χ3v) is 13.2. The molecule has 13 aromatic rings. The first-order chi connectivity index (χ1) is 34.7. The van der Waals surface area contributed by atoms with E-state index >= 15 is 0 Å². The Labute approximate surface area is 407 Å². The molecule has 70 heavy (non-hydrogen) atoms. The van der Waals surface area contributed by atoms with Gasteiger partial charge in [-0.05, 0) is 123 Å². The standard InChI is InChI=1S/C42H30N2.C24H16N2/c1-4-12-31(13-5-1)32-20-25-37(26-21-32)43(35-14-6-2-7-15-35)38-27-22-33(23-28-38)34-24-29-42-40(30-34)39-18-10-11-19-41(39)44(42)36-16-8-3-9-17-36;1-3-7-17(8-4-1)19-13-15-25-23-21(19)11-12-22-20(14-16-26-24(22)23)18-9-5-2-6-10-18/h1-30H;1-16H. The van der Waals surface area contributed by atoms with Gasteiger partial charge in [0.1, 0.15) is 0 Å². The molecule has 0 saturated carbocycles. The topological polar surface area (TPSA) is 34.0 Å². The Kier molecular flexibility index (Phi) is 11.2. The van der Waals surface area contributed by atoms with E-state index in [0.717, 1.165) is 38.9 Å². The lowest BCUT2D eigenvalue weighted by Gasteiger charge is -2.26. The number of anilines is 3. The van der Waals surface area contributed by atoms with Crippen molar-refractivity contribution in [1.82, 2.24) is 14.5 Å². The lowest BCUT2D eigenvalue weighted by atomic mass is 9.97. The largest absolute Gasteiger partial charge is 0.311 e. The van der Waals surface area contributed by atoms with E-state index in [0.29, 0.717) is 0 Å². The van der Waals surface area contributed by atoms with Crippen LogP contribution >= 0.6 is 0 Å². The van der Waals surface area contributed by atoms with Crippen LogP contribution in [0.3, 0.4) is 0 Å². The van der Waals surface area contributed by atoms with Crippen molar-refractivity contribution in [3.63, 3.8) is 0 Å². The average molecular weight is 895 g/mol. The van der Waals surface area contributed by atoms with E-state index in [4.69, 9.17) is 0 Å². The van der Waals surface area contributed by atoms with Crippen LogP contribution in [0, 0.1) is 0 Å². The first-order valence-corrected chi connectivity index (χ1v) is 23.7. The molecule has 10 aromatic carbocycles. The normalized spacial score (nSPS) is 11.1. The minimum atomic E-state index is 0.946. The van der Waals surface area contributed by atoms with Gasteiger partial charge in [0.15, 0.2) is 0 Å². The van der Waals surface area contributed by atoms with Crippen molar-refractivity contribution in [2.24, 2.45) is 0 Å². The molecule has 0 atom stereocenters. The zero-order valence-electron chi connectivity index (χ0n) is 38.3. The van der Waals surface area contributed by atoms with Gasteiger partial charge in [0.25, 0.3) is 0 Å². The maximum absolute atomic E-state index is 4.67. The van der Waals surface area contributed by atoms with Crippen LogP contribution in [0.25, 0.3) is 93.8 Å². The third-order valence-electron chi connectivity index (χ3n) is 13.2. The van der Waals surface area contributed by atoms with Crippen molar-refractivity contribution in [1.29, 1.82) is 0 Å². The zero-order chi connectivity index (χ0) is 46.6. The average Bonchev–Trinajstić information content (AvgIpc) is 3.78. The molecule has 0 spiro atoms. The van der Waals surface area contributed by atoms with Crippen LogP contribution in [-0.4, -0.2) is 14.5 Å². The van der Waals surface area contributed by atoms with Crippen LogP contribution in [0.1, 0.15) is 0 Å². The Balaban J connectivity index is 0.000000165. The molecule has 0 saturated heterocycles. The van der Waals surface area contributed by atoms with Gasteiger partial charge in [0.2, 0.25) is 0 Å². The highest BCUT2D eigenvalue weighted by molar-refractivity contribution is 6.12. The van der Waals surface area contributed by atoms with Gasteiger partial charge in [-0.15, -0.1) is 0 Å². The molecule has 13 rings (SSSR count). The van der Waals surface area contributed by atoms with Crippen molar-refractivity contribution in [3.05, 3.63) is 279 Å². The fraction of sp³-hybridized carbons (Fsp3) is 0. The Bertz CT molecular complexity index is 3790. The van der Waals surface area contributed by atoms with E-state index in [1.165, 1.54) is 72.0 Å². The molecule has 0 aliphatic heterocycles. The maximum atomic E-state index is 4.67. The Hall–Kier alpha value is -9.38. The molecule has 0 aliphatic rings. The molecule has 0 radical (unpaired) electrons. The summed E-state index contributed by atoms with van der Waals surface area (Å²) in [6.45, 7) is 0. The van der Waals surface area contributed by atoms with Gasteiger partial charge in [-0.3, -0.25) is 9.97 Å². The molecular weight excluding hydrogens is 849 g/mol. The smallest absolute Gasteiger partial charge is 0.0970 e. The molecule has 0 bridgehead atoms. The highest BCUT2D eigenvalue weighted by Crippen LogP contribution is 2.39. The van der Waals surface area contributed by atoms with E-state index in [-0.39, 0.29) is 0 Å². The summed E-state index contributed by atoms with van der Waals surface area (Å²) in [5, 5.41) is 4.78. The van der Waals surface area contributed by atoms with Crippen molar-refractivity contribution in [3.8, 4) is 50.2 Å². The van der Waals surface area contributed by atoms with E-state index in [2.05, 4.69) is 274 Å². The maximum Gasteiger partial charge on any atom is 0.0970 e. The second-order valence-electron chi connectivity index (χ2n) is 17.4. The van der Waals surface area contributed by atoms with Gasteiger partial charge in [0, 0.05) is 56.7 Å². The summed E-state index contributed by atoms with van der Waals surface area (Å²) in [5.41, 5.74) is 18.5. The first kappa shape index (κ1) is 42.0. The molecular formula is C66H46N4. The quantitative estimate of drug-likeness (QED) is 0.143. The number of fused-ring (bicyclic) bond motifs is 6. The number of hydrogen-bond donors (Lipinski definition) is 0. The fourth-order valence-electron chi connectivity index (χ4n) is 9.84. The summed E-state index contributed by atoms with van der Waals surface area (Å²) >= 11 is 0. The lowest BCUT2D eigenvalue weighted by Crippen LogP contribution is -2.09. The highest BCUT2D eigenvalue weighted by atomic mass is 15.1. The number of para-hydroxylation sites is 3. The first-order valence-electron chi connectivity index (χ1n) is 23.7. The van der Waals surface area contributed by atoms with Crippen LogP contribution in [0.4, 0.5) is 17.1 Å². The van der Waals surface area contributed by atoms with Crippen LogP contribution in [0.15, 0.2) is 279 Å². The molecule has 0 amide bonds. The van der Waals surface area contributed by atoms with Gasteiger partial charge < -0.3 is 9.47 Å². The third kappa shape index (κ3) is 8.04. The van der Waals surface area contributed by atoms with Gasteiger partial charge in [0.05, 0.1) is 22.1 Å². The molecule has 0 aliphatic carbocycles. The SMILES string of the molecule is c1ccc(-c2ccc(N(c3ccccc3)c3ccc(-c4ccc5c(c4)c4ccccc4n5-c4ccccc4)cc3)cc2)cc1.c1ccc(-c2ccnc3c2ccc2c(-c4ccccc4)ccnc23)cc1. The van der Waals surface area contributed by atoms with E-state index in [9.17, 15) is 0 Å². The second kappa shape index (κ2) is 18.7. The molecule has 330 valence electrons. The predicted octanol–water partition coefficient (Wildman–Crippen LogP) is 17.7. The molecule has 0 N–H and O–H groups in total. The molecule has 3 aromatic heterocycles. The number of hydrogen-bond acceptors (Lipinski definition) is 3. The zero-order valence-corrected chi connectivity index (χ0v) is 38.3. The molecule has 4 nitrogen and oxygen atoms in total. The summed E-state index contributed by atoms with van der Waals surface area (Å²) in [7, 11) is 0. The fourth-order valence-corrected chi connectivity index (χ4v) is 9.84. The summed E-state index contributed by atoms with van der Waals surface area (Å²) in [4.78, 5) is 11.7. The summed E-state index contributed by atoms with van der Waals surface area (Å²) in [5.74, 6) is 0. The minimum Gasteiger partial charge on any atom is -0.311 e. The van der Waals surface area contributed by atoms with Crippen LogP contribution in [0.2, 0.25) is 0 Å². The molecule has 4 heteroatoms. The van der Waals surface area contributed by atoms with Crippen molar-refractivity contribution < 1.29 is 0 Å². The number of nitrogens with zero attached hydrogens (tertiary/aromatic N) is 4. The Morgan fingerprint density at radius 3 is 1.21 bits per heavy atom. The van der Waals surface area contributed by atoms with E-state index in [1.54, 1.807) is 0 Å². The predicted molar refractivity (Wildman–Crippen MR) is 294 cm³/mol. The van der Waals surface area contributed by atoms with Crippen molar-refractivity contribution >= 4 is 60.7 Å². The Morgan fingerprint density at radius 1 is 0.271 bits per heavy atom. The second-order valence-corrected chi connectivity index (χ2v) is 17.4. The Morgan fingerprint density at radius 2 is 0.671 bits per heavy atom. The summed E-state index contributed by atoms with van der Waals surface area (Å²) in [6, 6.07) is 94.3.